The zero-order valence-corrected chi connectivity index (χ0v) is 14.6. The van der Waals surface area contributed by atoms with Gasteiger partial charge < -0.3 is 20.1 Å². The number of likely N-dealkylation sites (tertiary alicyclic amines) is 1. The fraction of sp³-hybridized carbons (Fsp3) is 0.250. The third-order valence-electron chi connectivity index (χ3n) is 4.36. The van der Waals surface area contributed by atoms with Gasteiger partial charge in [0.05, 0.1) is 17.6 Å². The van der Waals surface area contributed by atoms with Crippen molar-refractivity contribution in [1.29, 1.82) is 5.26 Å². The number of benzene rings is 2. The summed E-state index contributed by atoms with van der Waals surface area (Å²) in [6.07, 6.45) is 1.27. The van der Waals surface area contributed by atoms with E-state index >= 15 is 0 Å². The van der Waals surface area contributed by atoms with Gasteiger partial charge >= 0.3 is 12.0 Å². The summed E-state index contributed by atoms with van der Waals surface area (Å²) in [6.45, 7) is 0.767. The molecule has 7 nitrogen and oxygen atoms in total. The van der Waals surface area contributed by atoms with E-state index in [9.17, 15) is 9.59 Å². The number of carbonyl (C=O) groups excluding carboxylic acids is 1. The molecule has 0 bridgehead atoms. The molecule has 1 heterocycles. The normalized spacial score (nSPS) is 16.3. The zero-order chi connectivity index (χ0) is 19.2. The number of amides is 2. The Morgan fingerprint density at radius 1 is 1.19 bits per heavy atom. The van der Waals surface area contributed by atoms with Crippen molar-refractivity contribution >= 4 is 17.7 Å². The highest BCUT2D eigenvalue weighted by atomic mass is 16.5. The van der Waals surface area contributed by atoms with Crippen LogP contribution in [0.2, 0.25) is 0 Å². The molecule has 7 heteroatoms. The molecule has 2 aromatic carbocycles. The maximum absolute atomic E-state index is 12.3. The predicted octanol–water partition coefficient (Wildman–Crippen LogP) is 3.68. The number of nitrogens with zero attached hydrogens (tertiary/aromatic N) is 2. The number of rotatable bonds is 4. The van der Waals surface area contributed by atoms with E-state index in [1.165, 1.54) is 4.90 Å². The van der Waals surface area contributed by atoms with Crippen LogP contribution in [0.5, 0.6) is 11.5 Å². The number of nitrogens with one attached hydrogen (secondary N) is 1. The number of carboxylic acids is 1. The number of ether oxygens (including phenoxy) is 1. The molecule has 0 saturated carbocycles. The van der Waals surface area contributed by atoms with E-state index in [0.29, 0.717) is 42.1 Å². The van der Waals surface area contributed by atoms with E-state index < -0.39 is 11.9 Å². The Morgan fingerprint density at radius 3 is 2.67 bits per heavy atom. The second-order valence-corrected chi connectivity index (χ2v) is 6.32. The van der Waals surface area contributed by atoms with Crippen LogP contribution >= 0.6 is 0 Å². The Bertz CT molecular complexity index is 874. The van der Waals surface area contributed by atoms with Gasteiger partial charge in [0.1, 0.15) is 11.5 Å². The molecule has 0 radical (unpaired) electrons. The number of carbonyl (C=O) groups is 2. The highest BCUT2D eigenvalue weighted by molar-refractivity contribution is 5.89. The van der Waals surface area contributed by atoms with E-state index in [1.54, 1.807) is 48.5 Å². The lowest BCUT2D eigenvalue weighted by Gasteiger charge is -2.30. The minimum Gasteiger partial charge on any atom is -0.481 e. The predicted molar refractivity (Wildman–Crippen MR) is 98.6 cm³/mol. The molecule has 1 unspecified atom stereocenters. The van der Waals surface area contributed by atoms with Crippen molar-refractivity contribution in [3.05, 3.63) is 54.1 Å². The zero-order valence-electron chi connectivity index (χ0n) is 14.6. The molecule has 1 fully saturated rings. The van der Waals surface area contributed by atoms with Gasteiger partial charge in [0, 0.05) is 18.8 Å². The Hall–Kier alpha value is -3.53. The molecule has 3 rings (SSSR count). The summed E-state index contributed by atoms with van der Waals surface area (Å²) in [5.74, 6) is -0.246. The monoisotopic (exact) mass is 365 g/mol. The second-order valence-electron chi connectivity index (χ2n) is 6.32. The van der Waals surface area contributed by atoms with Gasteiger partial charge in [-0.2, -0.15) is 5.26 Å². The fourth-order valence-corrected chi connectivity index (χ4v) is 2.94. The van der Waals surface area contributed by atoms with Crippen LogP contribution in [0.15, 0.2) is 48.5 Å². The maximum atomic E-state index is 12.3. The van der Waals surface area contributed by atoms with Crippen molar-refractivity contribution in [3.63, 3.8) is 0 Å². The Kier molecular flexibility index (Phi) is 5.57. The van der Waals surface area contributed by atoms with Gasteiger partial charge in [0.2, 0.25) is 0 Å². The first-order chi connectivity index (χ1) is 13.0. The molecule has 2 N–H and O–H groups in total. The van der Waals surface area contributed by atoms with Crippen molar-refractivity contribution in [2.45, 2.75) is 12.8 Å². The second kappa shape index (κ2) is 8.23. The quantitative estimate of drug-likeness (QED) is 0.860. The SMILES string of the molecule is N#Cc1cccc(Oc2ccc(NC(=O)N3CCCC(C(=O)O)C3)cc2)c1. The Labute approximate surface area is 156 Å². The van der Waals surface area contributed by atoms with Gasteiger partial charge in [-0.05, 0) is 55.3 Å². The average Bonchev–Trinajstić information content (AvgIpc) is 2.69. The summed E-state index contributed by atoms with van der Waals surface area (Å²) < 4.78 is 5.70. The molecule has 0 aromatic heterocycles. The van der Waals surface area contributed by atoms with Crippen molar-refractivity contribution in [1.82, 2.24) is 4.90 Å². The summed E-state index contributed by atoms with van der Waals surface area (Å²) in [7, 11) is 0. The van der Waals surface area contributed by atoms with E-state index in [0.717, 1.165) is 0 Å². The van der Waals surface area contributed by atoms with E-state index in [1.807, 2.05) is 0 Å². The van der Waals surface area contributed by atoms with Crippen LogP contribution in [-0.4, -0.2) is 35.1 Å². The molecule has 1 atom stereocenters. The molecule has 2 aromatic rings. The number of hydrogen-bond donors (Lipinski definition) is 2. The number of hydrogen-bond acceptors (Lipinski definition) is 4. The van der Waals surface area contributed by atoms with Crippen molar-refractivity contribution < 1.29 is 19.4 Å². The van der Waals surface area contributed by atoms with Crippen LogP contribution in [0, 0.1) is 17.2 Å². The lowest BCUT2D eigenvalue weighted by atomic mass is 9.99. The van der Waals surface area contributed by atoms with Gasteiger partial charge in [-0.3, -0.25) is 4.79 Å². The molecule has 1 saturated heterocycles. The van der Waals surface area contributed by atoms with Crippen LogP contribution in [-0.2, 0) is 4.79 Å². The first-order valence-electron chi connectivity index (χ1n) is 8.62. The summed E-state index contributed by atoms with van der Waals surface area (Å²) in [5, 5.41) is 20.8. The molecule has 138 valence electrons. The highest BCUT2D eigenvalue weighted by Gasteiger charge is 2.28. The van der Waals surface area contributed by atoms with Gasteiger partial charge in [-0.25, -0.2) is 4.79 Å². The molecule has 0 aliphatic carbocycles. The molecule has 27 heavy (non-hydrogen) atoms. The topological polar surface area (TPSA) is 103 Å². The molecule has 0 spiro atoms. The minimum atomic E-state index is -0.866. The third kappa shape index (κ3) is 4.76. The van der Waals surface area contributed by atoms with Crippen molar-refractivity contribution in [2.24, 2.45) is 5.92 Å². The number of carboxylic acid groups (broad SMARTS) is 1. The summed E-state index contributed by atoms with van der Waals surface area (Å²) in [5.41, 5.74) is 1.10. The number of aliphatic carboxylic acids is 1. The molecule has 2 amide bonds. The number of urea groups is 1. The lowest BCUT2D eigenvalue weighted by molar-refractivity contribution is -0.143. The highest BCUT2D eigenvalue weighted by Crippen LogP contribution is 2.24. The molecule has 1 aliphatic heterocycles. The number of anilines is 1. The van der Waals surface area contributed by atoms with Crippen molar-refractivity contribution in [3.8, 4) is 17.6 Å². The number of nitriles is 1. The third-order valence-corrected chi connectivity index (χ3v) is 4.36. The van der Waals surface area contributed by atoms with E-state index in [-0.39, 0.29) is 12.6 Å². The largest absolute Gasteiger partial charge is 0.481 e. The van der Waals surface area contributed by atoms with Gasteiger partial charge in [0.15, 0.2) is 0 Å². The smallest absolute Gasteiger partial charge is 0.321 e. The fourth-order valence-electron chi connectivity index (χ4n) is 2.94. The van der Waals surface area contributed by atoms with Crippen LogP contribution in [0.25, 0.3) is 0 Å². The Morgan fingerprint density at radius 2 is 1.96 bits per heavy atom. The summed E-state index contributed by atoms with van der Waals surface area (Å²) in [6, 6.07) is 15.4. The van der Waals surface area contributed by atoms with Gasteiger partial charge in [0.25, 0.3) is 0 Å². The first kappa shape index (κ1) is 18.3. The molecular weight excluding hydrogens is 346 g/mol. The van der Waals surface area contributed by atoms with Crippen LogP contribution < -0.4 is 10.1 Å². The van der Waals surface area contributed by atoms with Crippen molar-refractivity contribution in [2.75, 3.05) is 18.4 Å². The van der Waals surface area contributed by atoms with Crippen LogP contribution in [0.4, 0.5) is 10.5 Å². The van der Waals surface area contributed by atoms with E-state index in [4.69, 9.17) is 15.1 Å². The molecular formula is C20H19N3O4. The standard InChI is InChI=1S/C20H19N3O4/c21-12-14-3-1-5-18(11-14)27-17-8-6-16(7-9-17)22-20(26)23-10-2-4-15(13-23)19(24)25/h1,3,5-9,11,15H,2,4,10,13H2,(H,22,26)(H,24,25). The van der Waals surface area contributed by atoms with Gasteiger partial charge in [-0.15, -0.1) is 0 Å². The number of piperidine rings is 1. The Balaban J connectivity index is 1.59. The van der Waals surface area contributed by atoms with Crippen LogP contribution in [0.3, 0.4) is 0 Å². The first-order valence-corrected chi connectivity index (χ1v) is 8.62. The maximum Gasteiger partial charge on any atom is 0.321 e. The molecule has 1 aliphatic rings. The minimum absolute atomic E-state index is 0.220. The summed E-state index contributed by atoms with van der Waals surface area (Å²) in [4.78, 5) is 25.0. The summed E-state index contributed by atoms with van der Waals surface area (Å²) >= 11 is 0. The lowest BCUT2D eigenvalue weighted by Crippen LogP contribution is -2.44. The average molecular weight is 365 g/mol. The van der Waals surface area contributed by atoms with Crippen LogP contribution in [0.1, 0.15) is 18.4 Å². The van der Waals surface area contributed by atoms with E-state index in [2.05, 4.69) is 11.4 Å². The van der Waals surface area contributed by atoms with Gasteiger partial charge in [-0.1, -0.05) is 6.07 Å².